The monoisotopic (exact) mass is 276 g/mol. The first-order valence-electron chi connectivity index (χ1n) is 4.80. The second kappa shape index (κ2) is 5.89. The highest BCUT2D eigenvalue weighted by atomic mass is 35.5. The van der Waals surface area contributed by atoms with Crippen LogP contribution in [0.25, 0.3) is 0 Å². The summed E-state index contributed by atoms with van der Waals surface area (Å²) in [4.78, 5) is 0. The maximum atomic E-state index is 5.90. The lowest BCUT2D eigenvalue weighted by atomic mass is 10.3. The van der Waals surface area contributed by atoms with Gasteiger partial charge in [0.15, 0.2) is 18.9 Å². The van der Waals surface area contributed by atoms with Crippen molar-refractivity contribution < 1.29 is 14.2 Å². The Labute approximate surface area is 105 Å². The SMILES string of the molecule is C[C@H](Cl)C1OC([C@H](C)Cl)OC([C@H](C)Cl)O1. The number of alkyl halides is 3. The van der Waals surface area contributed by atoms with E-state index in [0.29, 0.717) is 0 Å². The molecular weight excluding hydrogens is 262 g/mol. The molecule has 0 spiro atoms. The fourth-order valence-corrected chi connectivity index (χ4v) is 1.50. The molecule has 0 bridgehead atoms. The van der Waals surface area contributed by atoms with Crippen LogP contribution >= 0.6 is 34.8 Å². The van der Waals surface area contributed by atoms with E-state index in [1.807, 2.05) is 0 Å². The molecule has 0 radical (unpaired) electrons. The first-order chi connectivity index (χ1) is 6.91. The summed E-state index contributed by atoms with van der Waals surface area (Å²) < 4.78 is 16.3. The molecular formula is C9H15Cl3O3. The summed E-state index contributed by atoms with van der Waals surface area (Å²) in [7, 11) is 0. The van der Waals surface area contributed by atoms with Gasteiger partial charge in [0.2, 0.25) is 0 Å². The standard InChI is InChI=1S/C9H15Cl3O3/c1-4(10)7-13-8(5(2)11)15-9(14-7)6(3)12/h4-9H,1-3H3/t4-,5-,6-,7?,8?,9?/m0/s1. The van der Waals surface area contributed by atoms with Crippen molar-refractivity contribution in [2.75, 3.05) is 0 Å². The van der Waals surface area contributed by atoms with Gasteiger partial charge in [-0.25, -0.2) is 0 Å². The number of hydrogen-bond acceptors (Lipinski definition) is 3. The van der Waals surface area contributed by atoms with Crippen molar-refractivity contribution in [2.45, 2.75) is 55.8 Å². The van der Waals surface area contributed by atoms with Crippen LogP contribution in [0.15, 0.2) is 0 Å². The second-order valence-electron chi connectivity index (χ2n) is 3.55. The van der Waals surface area contributed by atoms with E-state index in [9.17, 15) is 0 Å². The van der Waals surface area contributed by atoms with Gasteiger partial charge in [0, 0.05) is 0 Å². The number of halogens is 3. The molecule has 0 aromatic rings. The molecule has 0 saturated carbocycles. The van der Waals surface area contributed by atoms with Crippen molar-refractivity contribution in [2.24, 2.45) is 0 Å². The normalized spacial score (nSPS) is 38.4. The molecule has 6 heteroatoms. The van der Waals surface area contributed by atoms with Crippen LogP contribution in [0.2, 0.25) is 0 Å². The zero-order chi connectivity index (χ0) is 11.6. The van der Waals surface area contributed by atoms with Gasteiger partial charge in [-0.3, -0.25) is 0 Å². The average molecular weight is 278 g/mol. The van der Waals surface area contributed by atoms with E-state index in [1.54, 1.807) is 20.8 Å². The largest absolute Gasteiger partial charge is 0.320 e. The minimum absolute atomic E-state index is 0.287. The van der Waals surface area contributed by atoms with Crippen LogP contribution in [-0.2, 0) is 14.2 Å². The summed E-state index contributed by atoms with van der Waals surface area (Å²) in [5.41, 5.74) is 0. The highest BCUT2D eigenvalue weighted by molar-refractivity contribution is 6.21. The van der Waals surface area contributed by atoms with Crippen molar-refractivity contribution in [3.05, 3.63) is 0 Å². The quantitative estimate of drug-likeness (QED) is 0.743. The number of rotatable bonds is 3. The van der Waals surface area contributed by atoms with E-state index < -0.39 is 18.9 Å². The fraction of sp³-hybridized carbons (Fsp3) is 1.00. The molecule has 90 valence electrons. The first-order valence-corrected chi connectivity index (χ1v) is 6.11. The molecule has 1 fully saturated rings. The van der Waals surface area contributed by atoms with Gasteiger partial charge in [-0.05, 0) is 20.8 Å². The molecule has 1 aliphatic heterocycles. The van der Waals surface area contributed by atoms with E-state index >= 15 is 0 Å². The van der Waals surface area contributed by atoms with Crippen LogP contribution in [0.3, 0.4) is 0 Å². The molecule has 0 unspecified atom stereocenters. The summed E-state index contributed by atoms with van der Waals surface area (Å²) in [6, 6.07) is 0. The molecule has 0 amide bonds. The van der Waals surface area contributed by atoms with Gasteiger partial charge in [-0.15, -0.1) is 34.8 Å². The molecule has 3 atom stereocenters. The van der Waals surface area contributed by atoms with E-state index in [1.165, 1.54) is 0 Å². The predicted octanol–water partition coefficient (Wildman–Crippen LogP) is 2.91. The molecule has 15 heavy (non-hydrogen) atoms. The molecule has 1 saturated heterocycles. The van der Waals surface area contributed by atoms with E-state index in [-0.39, 0.29) is 16.1 Å². The van der Waals surface area contributed by atoms with Crippen molar-refractivity contribution >= 4 is 34.8 Å². The Morgan fingerprint density at radius 1 is 0.667 bits per heavy atom. The Bertz CT molecular complexity index is 160. The van der Waals surface area contributed by atoms with Gasteiger partial charge in [0.25, 0.3) is 0 Å². The number of ether oxygens (including phenoxy) is 3. The summed E-state index contributed by atoms with van der Waals surface area (Å²) >= 11 is 17.7. The Hall–Kier alpha value is 0.750. The van der Waals surface area contributed by atoms with Gasteiger partial charge in [0.1, 0.15) is 0 Å². The maximum Gasteiger partial charge on any atom is 0.179 e. The van der Waals surface area contributed by atoms with Crippen LogP contribution in [0, 0.1) is 0 Å². The highest BCUT2D eigenvalue weighted by Crippen LogP contribution is 2.27. The van der Waals surface area contributed by atoms with Crippen molar-refractivity contribution in [1.29, 1.82) is 0 Å². The van der Waals surface area contributed by atoms with Crippen molar-refractivity contribution in [3.8, 4) is 0 Å². The van der Waals surface area contributed by atoms with Gasteiger partial charge in [0.05, 0.1) is 16.1 Å². The molecule has 1 aliphatic rings. The first kappa shape index (κ1) is 13.8. The molecule has 3 nitrogen and oxygen atoms in total. The van der Waals surface area contributed by atoms with Gasteiger partial charge >= 0.3 is 0 Å². The van der Waals surface area contributed by atoms with E-state index in [2.05, 4.69) is 0 Å². The minimum Gasteiger partial charge on any atom is -0.320 e. The predicted molar refractivity (Wildman–Crippen MR) is 60.6 cm³/mol. The highest BCUT2D eigenvalue weighted by Gasteiger charge is 2.37. The zero-order valence-electron chi connectivity index (χ0n) is 8.82. The van der Waals surface area contributed by atoms with Crippen molar-refractivity contribution in [3.63, 3.8) is 0 Å². The maximum absolute atomic E-state index is 5.90. The average Bonchev–Trinajstić information content (AvgIpc) is 2.16. The molecule has 0 aromatic carbocycles. The van der Waals surface area contributed by atoms with E-state index in [4.69, 9.17) is 49.0 Å². The third-order valence-electron chi connectivity index (χ3n) is 1.93. The van der Waals surface area contributed by atoms with Crippen LogP contribution in [0.1, 0.15) is 20.8 Å². The smallest absolute Gasteiger partial charge is 0.179 e. The van der Waals surface area contributed by atoms with E-state index in [0.717, 1.165) is 0 Å². The Morgan fingerprint density at radius 3 is 1.00 bits per heavy atom. The third-order valence-corrected chi connectivity index (χ3v) is 2.55. The lowest BCUT2D eigenvalue weighted by Gasteiger charge is -2.38. The Kier molecular flexibility index (Phi) is 5.43. The minimum atomic E-state index is -0.544. The Balaban J connectivity index is 2.64. The van der Waals surface area contributed by atoms with Gasteiger partial charge < -0.3 is 14.2 Å². The van der Waals surface area contributed by atoms with Crippen LogP contribution in [0.4, 0.5) is 0 Å². The Morgan fingerprint density at radius 2 is 0.867 bits per heavy atom. The molecule has 0 aromatic heterocycles. The molecule has 0 N–H and O–H groups in total. The molecule has 1 rings (SSSR count). The number of hydrogen-bond donors (Lipinski definition) is 0. The van der Waals surface area contributed by atoms with Crippen LogP contribution in [-0.4, -0.2) is 35.0 Å². The topological polar surface area (TPSA) is 27.7 Å². The molecule has 1 heterocycles. The fourth-order valence-electron chi connectivity index (χ4n) is 1.14. The van der Waals surface area contributed by atoms with Gasteiger partial charge in [-0.1, -0.05) is 0 Å². The summed E-state index contributed by atoms with van der Waals surface area (Å²) in [5, 5.41) is -0.862. The summed E-state index contributed by atoms with van der Waals surface area (Å²) in [6.07, 6.45) is -1.63. The lowest BCUT2D eigenvalue weighted by molar-refractivity contribution is -0.380. The van der Waals surface area contributed by atoms with Crippen LogP contribution in [0.5, 0.6) is 0 Å². The lowest BCUT2D eigenvalue weighted by Crippen LogP contribution is -2.49. The summed E-state index contributed by atoms with van der Waals surface area (Å²) in [6.45, 7) is 5.34. The van der Waals surface area contributed by atoms with Gasteiger partial charge in [-0.2, -0.15) is 0 Å². The second-order valence-corrected chi connectivity index (χ2v) is 5.61. The molecule has 0 aliphatic carbocycles. The van der Waals surface area contributed by atoms with Crippen LogP contribution < -0.4 is 0 Å². The summed E-state index contributed by atoms with van der Waals surface area (Å²) in [5.74, 6) is 0. The third kappa shape index (κ3) is 3.91. The zero-order valence-corrected chi connectivity index (χ0v) is 11.1. The van der Waals surface area contributed by atoms with Crippen molar-refractivity contribution in [1.82, 2.24) is 0 Å².